The van der Waals surface area contributed by atoms with Gasteiger partial charge in [-0.15, -0.1) is 0 Å². The number of hydrogen-bond donors (Lipinski definition) is 1. The quantitative estimate of drug-likeness (QED) is 0.886. The number of aromatic nitrogens is 1. The fourth-order valence-corrected chi connectivity index (χ4v) is 2.71. The van der Waals surface area contributed by atoms with Crippen molar-refractivity contribution < 1.29 is 4.39 Å². The molecule has 0 amide bonds. The van der Waals surface area contributed by atoms with Gasteiger partial charge in [-0.1, -0.05) is 30.7 Å². The molecule has 0 saturated heterocycles. The summed E-state index contributed by atoms with van der Waals surface area (Å²) in [5.41, 5.74) is 4.34. The van der Waals surface area contributed by atoms with Crippen molar-refractivity contribution in [2.45, 2.75) is 33.2 Å². The molecule has 4 heteroatoms. The Morgan fingerprint density at radius 2 is 2.05 bits per heavy atom. The Balaban J connectivity index is 2.28. The van der Waals surface area contributed by atoms with Crippen LogP contribution in [0, 0.1) is 19.7 Å². The standard InChI is InChI=1S/C17H20ClFN2/c1-4-20-16(17-12(3)7-11(2)10-21-17)9-13-5-6-15(19)14(18)8-13/h5-8,10,16,20H,4,9H2,1-3H3. The van der Waals surface area contributed by atoms with Gasteiger partial charge >= 0.3 is 0 Å². The molecular formula is C17H20ClFN2. The van der Waals surface area contributed by atoms with Crippen molar-refractivity contribution >= 4 is 11.6 Å². The highest BCUT2D eigenvalue weighted by Gasteiger charge is 2.16. The monoisotopic (exact) mass is 306 g/mol. The summed E-state index contributed by atoms with van der Waals surface area (Å²) in [7, 11) is 0. The zero-order chi connectivity index (χ0) is 15.4. The molecule has 1 unspecified atom stereocenters. The second kappa shape index (κ2) is 7.01. The van der Waals surface area contributed by atoms with Crippen LogP contribution in [0.15, 0.2) is 30.5 Å². The van der Waals surface area contributed by atoms with E-state index in [2.05, 4.69) is 30.2 Å². The fourth-order valence-electron chi connectivity index (χ4n) is 2.50. The molecule has 0 spiro atoms. The third-order valence-corrected chi connectivity index (χ3v) is 3.75. The summed E-state index contributed by atoms with van der Waals surface area (Å²) in [5, 5.41) is 3.61. The van der Waals surface area contributed by atoms with Crippen LogP contribution in [-0.4, -0.2) is 11.5 Å². The molecule has 2 aromatic rings. The van der Waals surface area contributed by atoms with E-state index in [9.17, 15) is 4.39 Å². The van der Waals surface area contributed by atoms with Crippen molar-refractivity contribution in [3.8, 4) is 0 Å². The van der Waals surface area contributed by atoms with E-state index in [1.165, 1.54) is 6.07 Å². The third-order valence-electron chi connectivity index (χ3n) is 3.46. The Kier molecular flexibility index (Phi) is 5.32. The molecule has 1 aromatic heterocycles. The smallest absolute Gasteiger partial charge is 0.141 e. The van der Waals surface area contributed by atoms with Crippen LogP contribution in [-0.2, 0) is 6.42 Å². The first kappa shape index (κ1) is 15.9. The van der Waals surface area contributed by atoms with Gasteiger partial charge in [0.1, 0.15) is 5.82 Å². The maximum atomic E-state index is 13.3. The number of rotatable bonds is 5. The van der Waals surface area contributed by atoms with Crippen molar-refractivity contribution in [1.82, 2.24) is 10.3 Å². The highest BCUT2D eigenvalue weighted by molar-refractivity contribution is 6.30. The number of nitrogens with one attached hydrogen (secondary N) is 1. The third kappa shape index (κ3) is 4.02. The van der Waals surface area contributed by atoms with Crippen molar-refractivity contribution in [1.29, 1.82) is 0 Å². The zero-order valence-corrected chi connectivity index (χ0v) is 13.3. The maximum absolute atomic E-state index is 13.3. The Bertz CT molecular complexity index is 628. The van der Waals surface area contributed by atoms with Crippen LogP contribution in [0.5, 0.6) is 0 Å². The Hall–Kier alpha value is -1.45. The van der Waals surface area contributed by atoms with Crippen LogP contribution in [0.4, 0.5) is 4.39 Å². The lowest BCUT2D eigenvalue weighted by atomic mass is 9.99. The Labute approximate surface area is 130 Å². The first-order chi connectivity index (χ1) is 10.0. The number of hydrogen-bond acceptors (Lipinski definition) is 2. The van der Waals surface area contributed by atoms with Crippen LogP contribution < -0.4 is 5.32 Å². The first-order valence-corrected chi connectivity index (χ1v) is 7.49. The van der Waals surface area contributed by atoms with Crippen molar-refractivity contribution in [3.05, 3.63) is 63.7 Å². The van der Waals surface area contributed by atoms with Gasteiger partial charge in [-0.25, -0.2) is 4.39 Å². The molecule has 112 valence electrons. The molecule has 2 nitrogen and oxygen atoms in total. The Morgan fingerprint density at radius 3 is 2.67 bits per heavy atom. The average molecular weight is 307 g/mol. The fraction of sp³-hybridized carbons (Fsp3) is 0.353. The minimum absolute atomic E-state index is 0.0946. The van der Waals surface area contributed by atoms with Crippen molar-refractivity contribution in [3.63, 3.8) is 0 Å². The minimum atomic E-state index is -0.384. The molecule has 0 aliphatic rings. The van der Waals surface area contributed by atoms with E-state index in [4.69, 9.17) is 11.6 Å². The molecular weight excluding hydrogens is 287 g/mol. The lowest BCUT2D eigenvalue weighted by molar-refractivity contribution is 0.533. The van der Waals surface area contributed by atoms with E-state index in [0.717, 1.165) is 35.3 Å². The predicted octanol–water partition coefficient (Wildman–Crippen LogP) is 4.38. The van der Waals surface area contributed by atoms with Crippen LogP contribution in [0.3, 0.4) is 0 Å². The summed E-state index contributed by atoms with van der Waals surface area (Å²) < 4.78 is 13.3. The summed E-state index contributed by atoms with van der Waals surface area (Å²) in [4.78, 5) is 4.56. The molecule has 0 aliphatic carbocycles. The first-order valence-electron chi connectivity index (χ1n) is 7.11. The highest BCUT2D eigenvalue weighted by atomic mass is 35.5. The van der Waals surface area contributed by atoms with E-state index in [0.29, 0.717) is 0 Å². The number of aryl methyl sites for hydroxylation is 2. The van der Waals surface area contributed by atoms with E-state index < -0.39 is 0 Å². The summed E-state index contributed by atoms with van der Waals surface area (Å²) >= 11 is 5.86. The highest BCUT2D eigenvalue weighted by Crippen LogP contribution is 2.23. The molecule has 1 N–H and O–H groups in total. The van der Waals surface area contributed by atoms with E-state index in [1.807, 2.05) is 13.1 Å². The largest absolute Gasteiger partial charge is 0.309 e. The van der Waals surface area contributed by atoms with Gasteiger partial charge in [0.25, 0.3) is 0 Å². The zero-order valence-electron chi connectivity index (χ0n) is 12.6. The predicted molar refractivity (Wildman–Crippen MR) is 85.2 cm³/mol. The molecule has 1 aromatic carbocycles. The average Bonchev–Trinajstić information content (AvgIpc) is 2.42. The van der Waals surface area contributed by atoms with E-state index >= 15 is 0 Å². The topological polar surface area (TPSA) is 24.9 Å². The second-order valence-corrected chi connectivity index (χ2v) is 5.68. The van der Waals surface area contributed by atoms with E-state index in [1.54, 1.807) is 12.1 Å². The number of benzene rings is 1. The summed E-state index contributed by atoms with van der Waals surface area (Å²) in [5.74, 6) is -0.384. The molecule has 0 aliphatic heterocycles. The van der Waals surface area contributed by atoms with Crippen LogP contribution in [0.25, 0.3) is 0 Å². The lowest BCUT2D eigenvalue weighted by Gasteiger charge is -2.20. The SMILES string of the molecule is CCNC(Cc1ccc(F)c(Cl)c1)c1ncc(C)cc1C. The summed E-state index contributed by atoms with van der Waals surface area (Å²) in [6, 6.07) is 7.09. The van der Waals surface area contributed by atoms with Crippen LogP contribution >= 0.6 is 11.6 Å². The number of pyridine rings is 1. The lowest BCUT2D eigenvalue weighted by Crippen LogP contribution is -2.24. The Morgan fingerprint density at radius 1 is 1.29 bits per heavy atom. The maximum Gasteiger partial charge on any atom is 0.141 e. The van der Waals surface area contributed by atoms with E-state index in [-0.39, 0.29) is 16.9 Å². The molecule has 0 saturated carbocycles. The molecule has 0 fully saturated rings. The minimum Gasteiger partial charge on any atom is -0.309 e. The van der Waals surface area contributed by atoms with Gasteiger partial charge < -0.3 is 5.32 Å². The molecule has 21 heavy (non-hydrogen) atoms. The van der Waals surface area contributed by atoms with Gasteiger partial charge in [0.2, 0.25) is 0 Å². The normalized spacial score (nSPS) is 12.4. The van der Waals surface area contributed by atoms with Crippen LogP contribution in [0.1, 0.15) is 35.3 Å². The molecule has 1 atom stereocenters. The van der Waals surface area contributed by atoms with Gasteiger partial charge in [-0.05, 0) is 55.6 Å². The molecule has 1 heterocycles. The molecule has 0 radical (unpaired) electrons. The number of halogens is 2. The van der Waals surface area contributed by atoms with Crippen molar-refractivity contribution in [2.24, 2.45) is 0 Å². The number of likely N-dealkylation sites (N-methyl/N-ethyl adjacent to an activating group) is 1. The van der Waals surface area contributed by atoms with Gasteiger partial charge in [0.05, 0.1) is 16.8 Å². The molecule has 2 rings (SSSR count). The second-order valence-electron chi connectivity index (χ2n) is 5.28. The van der Waals surface area contributed by atoms with Gasteiger partial charge in [0, 0.05) is 6.20 Å². The van der Waals surface area contributed by atoms with Gasteiger partial charge in [-0.2, -0.15) is 0 Å². The summed E-state index contributed by atoms with van der Waals surface area (Å²) in [6.45, 7) is 7.01. The van der Waals surface area contributed by atoms with Crippen LogP contribution in [0.2, 0.25) is 5.02 Å². The van der Waals surface area contributed by atoms with Crippen molar-refractivity contribution in [2.75, 3.05) is 6.54 Å². The summed E-state index contributed by atoms with van der Waals surface area (Å²) in [6.07, 6.45) is 2.61. The van der Waals surface area contributed by atoms with Gasteiger partial charge in [0.15, 0.2) is 0 Å². The number of nitrogens with zero attached hydrogens (tertiary/aromatic N) is 1. The molecule has 0 bridgehead atoms. The van der Waals surface area contributed by atoms with Gasteiger partial charge in [-0.3, -0.25) is 4.98 Å².